The number of hydrogen-bond donors (Lipinski definition) is 1. The minimum Gasteiger partial charge on any atom is -0.496 e. The Morgan fingerprint density at radius 1 is 1.12 bits per heavy atom. The molecule has 1 aliphatic rings. The Hall–Kier alpha value is -3.07. The summed E-state index contributed by atoms with van der Waals surface area (Å²) in [6.07, 6.45) is 1.45. The standard InChI is InChI=1S/C24H29NO7S/c1-6-31-23(27)19-15-11-10-13(2)12-18(15)33-22(19)25-21(26)14(3)32-24(28)20-16(29-4)8-7-9-17(20)30-5/h7-9,13-14H,6,10-12H2,1-5H3,(H,25,26)/t13-,14-/m0/s1. The summed E-state index contributed by atoms with van der Waals surface area (Å²) in [5.74, 6) is -0.701. The second-order valence-electron chi connectivity index (χ2n) is 7.85. The van der Waals surface area contributed by atoms with Gasteiger partial charge in [0.15, 0.2) is 6.10 Å². The number of carbonyl (C=O) groups excluding carboxylic acids is 3. The molecule has 0 saturated carbocycles. The van der Waals surface area contributed by atoms with Gasteiger partial charge >= 0.3 is 11.9 Å². The maximum Gasteiger partial charge on any atom is 0.346 e. The molecule has 0 saturated heterocycles. The number of thiophene rings is 1. The van der Waals surface area contributed by atoms with Gasteiger partial charge in [-0.05, 0) is 56.7 Å². The van der Waals surface area contributed by atoms with Crippen molar-refractivity contribution < 1.29 is 33.3 Å². The third-order valence-electron chi connectivity index (χ3n) is 5.51. The lowest BCUT2D eigenvalue weighted by Crippen LogP contribution is -2.30. The zero-order valence-corrected chi connectivity index (χ0v) is 20.3. The van der Waals surface area contributed by atoms with E-state index in [1.807, 2.05) is 0 Å². The molecule has 2 aromatic rings. The molecule has 0 bridgehead atoms. The number of nitrogens with one attached hydrogen (secondary N) is 1. The van der Waals surface area contributed by atoms with Gasteiger partial charge in [-0.15, -0.1) is 11.3 Å². The van der Waals surface area contributed by atoms with Crippen LogP contribution in [-0.4, -0.2) is 44.8 Å². The van der Waals surface area contributed by atoms with Crippen molar-refractivity contribution in [3.63, 3.8) is 0 Å². The molecule has 1 aromatic carbocycles. The van der Waals surface area contributed by atoms with Gasteiger partial charge in [-0.3, -0.25) is 4.79 Å². The number of ether oxygens (including phenoxy) is 4. The highest BCUT2D eigenvalue weighted by Crippen LogP contribution is 2.40. The lowest BCUT2D eigenvalue weighted by atomic mass is 9.88. The zero-order chi connectivity index (χ0) is 24.1. The van der Waals surface area contributed by atoms with Gasteiger partial charge in [0.2, 0.25) is 0 Å². The van der Waals surface area contributed by atoms with Crippen LogP contribution in [0.15, 0.2) is 18.2 Å². The molecule has 1 amide bonds. The molecule has 0 radical (unpaired) electrons. The predicted octanol–water partition coefficient (Wildman–Crippen LogP) is 4.25. The average molecular weight is 476 g/mol. The largest absolute Gasteiger partial charge is 0.496 e. The van der Waals surface area contributed by atoms with E-state index in [0.29, 0.717) is 16.5 Å². The second kappa shape index (κ2) is 10.7. The van der Waals surface area contributed by atoms with Crippen LogP contribution in [-0.2, 0) is 27.1 Å². The molecular weight excluding hydrogens is 446 g/mol. The topological polar surface area (TPSA) is 100 Å². The number of anilines is 1. The first kappa shape index (κ1) is 24.6. The summed E-state index contributed by atoms with van der Waals surface area (Å²) in [7, 11) is 2.86. The van der Waals surface area contributed by atoms with Gasteiger partial charge in [0.05, 0.1) is 26.4 Å². The normalized spacial score (nSPS) is 15.7. The number of rotatable bonds is 8. The van der Waals surface area contributed by atoms with Crippen molar-refractivity contribution in [1.82, 2.24) is 0 Å². The summed E-state index contributed by atoms with van der Waals surface area (Å²) in [6.45, 7) is 5.61. The Morgan fingerprint density at radius 3 is 2.39 bits per heavy atom. The van der Waals surface area contributed by atoms with Crippen molar-refractivity contribution >= 4 is 34.2 Å². The summed E-state index contributed by atoms with van der Waals surface area (Å²) >= 11 is 1.38. The molecular formula is C24H29NO7S. The Labute approximate surface area is 197 Å². The van der Waals surface area contributed by atoms with E-state index in [2.05, 4.69) is 12.2 Å². The lowest BCUT2D eigenvalue weighted by Gasteiger charge is -2.18. The van der Waals surface area contributed by atoms with E-state index in [1.165, 1.54) is 32.5 Å². The van der Waals surface area contributed by atoms with E-state index in [9.17, 15) is 14.4 Å². The van der Waals surface area contributed by atoms with Crippen molar-refractivity contribution in [2.24, 2.45) is 5.92 Å². The number of esters is 2. The van der Waals surface area contributed by atoms with Crippen LogP contribution in [0.2, 0.25) is 0 Å². The van der Waals surface area contributed by atoms with E-state index in [-0.39, 0.29) is 23.7 Å². The highest BCUT2D eigenvalue weighted by molar-refractivity contribution is 7.17. The molecule has 0 aliphatic heterocycles. The maximum atomic E-state index is 12.9. The first-order valence-corrected chi connectivity index (χ1v) is 11.7. The first-order valence-electron chi connectivity index (χ1n) is 10.8. The lowest BCUT2D eigenvalue weighted by molar-refractivity contribution is -0.123. The molecule has 2 atom stereocenters. The molecule has 33 heavy (non-hydrogen) atoms. The van der Waals surface area contributed by atoms with Crippen LogP contribution >= 0.6 is 11.3 Å². The summed E-state index contributed by atoms with van der Waals surface area (Å²) in [4.78, 5) is 39.4. The van der Waals surface area contributed by atoms with E-state index >= 15 is 0 Å². The van der Waals surface area contributed by atoms with Crippen LogP contribution in [0, 0.1) is 5.92 Å². The second-order valence-corrected chi connectivity index (χ2v) is 8.96. The molecule has 1 aliphatic carbocycles. The number of benzene rings is 1. The summed E-state index contributed by atoms with van der Waals surface area (Å²) in [5, 5.41) is 3.20. The molecule has 9 heteroatoms. The van der Waals surface area contributed by atoms with Crippen molar-refractivity contribution in [1.29, 1.82) is 0 Å². The molecule has 3 rings (SSSR count). The highest BCUT2D eigenvalue weighted by Gasteiger charge is 2.31. The van der Waals surface area contributed by atoms with Gasteiger partial charge in [-0.2, -0.15) is 0 Å². The van der Waals surface area contributed by atoms with E-state index in [4.69, 9.17) is 18.9 Å². The minimum atomic E-state index is -1.12. The maximum absolute atomic E-state index is 12.9. The van der Waals surface area contributed by atoms with Crippen LogP contribution in [0.5, 0.6) is 11.5 Å². The van der Waals surface area contributed by atoms with Crippen LogP contribution in [0.3, 0.4) is 0 Å². The minimum absolute atomic E-state index is 0.0925. The van der Waals surface area contributed by atoms with Crippen molar-refractivity contribution in [2.45, 2.75) is 46.1 Å². The fourth-order valence-electron chi connectivity index (χ4n) is 3.80. The van der Waals surface area contributed by atoms with E-state index in [1.54, 1.807) is 25.1 Å². The highest BCUT2D eigenvalue weighted by atomic mass is 32.1. The fourth-order valence-corrected chi connectivity index (χ4v) is 5.20. The monoisotopic (exact) mass is 475 g/mol. The van der Waals surface area contributed by atoms with Crippen LogP contribution in [0.4, 0.5) is 5.00 Å². The number of hydrogen-bond acceptors (Lipinski definition) is 8. The number of carbonyl (C=O) groups is 3. The molecule has 0 unspecified atom stereocenters. The van der Waals surface area contributed by atoms with Gasteiger partial charge in [0, 0.05) is 4.88 Å². The third-order valence-corrected chi connectivity index (χ3v) is 6.68. The molecule has 1 N–H and O–H groups in total. The molecule has 178 valence electrons. The smallest absolute Gasteiger partial charge is 0.346 e. The third kappa shape index (κ3) is 5.30. The molecule has 1 heterocycles. The van der Waals surface area contributed by atoms with Crippen LogP contribution in [0.1, 0.15) is 58.3 Å². The fraction of sp³-hybridized carbons (Fsp3) is 0.458. The van der Waals surface area contributed by atoms with Crippen molar-refractivity contribution in [2.75, 3.05) is 26.1 Å². The van der Waals surface area contributed by atoms with Crippen LogP contribution < -0.4 is 14.8 Å². The Balaban J connectivity index is 1.80. The van der Waals surface area contributed by atoms with Gasteiger partial charge in [0.25, 0.3) is 5.91 Å². The van der Waals surface area contributed by atoms with Gasteiger partial charge in [0.1, 0.15) is 22.1 Å². The molecule has 0 spiro atoms. The Kier molecular flexibility index (Phi) is 7.97. The number of amides is 1. The average Bonchev–Trinajstić information content (AvgIpc) is 3.15. The quantitative estimate of drug-likeness (QED) is 0.570. The Bertz CT molecular complexity index is 1020. The number of fused-ring (bicyclic) bond motifs is 1. The van der Waals surface area contributed by atoms with Crippen molar-refractivity contribution in [3.05, 3.63) is 39.8 Å². The SMILES string of the molecule is CCOC(=O)c1c(NC(=O)[C@H](C)OC(=O)c2c(OC)cccc2OC)sc2c1CC[C@H](C)C2. The van der Waals surface area contributed by atoms with Gasteiger partial charge in [-0.1, -0.05) is 13.0 Å². The molecule has 0 fully saturated rings. The summed E-state index contributed by atoms with van der Waals surface area (Å²) in [6, 6.07) is 4.89. The number of methoxy groups -OCH3 is 2. The van der Waals surface area contributed by atoms with E-state index in [0.717, 1.165) is 29.7 Å². The Morgan fingerprint density at radius 2 is 1.79 bits per heavy atom. The van der Waals surface area contributed by atoms with Gasteiger partial charge < -0.3 is 24.3 Å². The zero-order valence-electron chi connectivity index (χ0n) is 19.5. The van der Waals surface area contributed by atoms with E-state index < -0.39 is 23.9 Å². The predicted molar refractivity (Wildman–Crippen MR) is 125 cm³/mol. The van der Waals surface area contributed by atoms with Gasteiger partial charge in [-0.25, -0.2) is 9.59 Å². The molecule has 8 nitrogen and oxygen atoms in total. The first-order chi connectivity index (χ1) is 15.8. The summed E-state index contributed by atoms with van der Waals surface area (Å²) in [5.41, 5.74) is 1.44. The summed E-state index contributed by atoms with van der Waals surface area (Å²) < 4.78 is 21.1. The molecule has 1 aromatic heterocycles. The van der Waals surface area contributed by atoms with Crippen molar-refractivity contribution in [3.8, 4) is 11.5 Å². The van der Waals surface area contributed by atoms with Crippen LogP contribution in [0.25, 0.3) is 0 Å².